The number of amides is 2. The lowest BCUT2D eigenvalue weighted by Gasteiger charge is -2.18. The van der Waals surface area contributed by atoms with Gasteiger partial charge >= 0.3 is 6.03 Å². The second-order valence-corrected chi connectivity index (χ2v) is 4.82. The second kappa shape index (κ2) is 5.69. The summed E-state index contributed by atoms with van der Waals surface area (Å²) in [7, 11) is 0. The molecule has 0 aliphatic rings. The molecule has 0 radical (unpaired) electrons. The summed E-state index contributed by atoms with van der Waals surface area (Å²) < 4.78 is 0.965. The van der Waals surface area contributed by atoms with E-state index in [9.17, 15) is 4.79 Å². The Labute approximate surface area is 114 Å². The summed E-state index contributed by atoms with van der Waals surface area (Å²) in [5.74, 6) is 0. The zero-order chi connectivity index (χ0) is 13.0. The minimum atomic E-state index is -0.538. The lowest BCUT2D eigenvalue weighted by molar-refractivity contribution is 0.247. The van der Waals surface area contributed by atoms with E-state index < -0.39 is 6.03 Å². The Kier molecular flexibility index (Phi) is 3.99. The van der Waals surface area contributed by atoms with Gasteiger partial charge < -0.3 is 11.1 Å². The number of nitrogens with one attached hydrogen (secondary N) is 1. The molecule has 3 N–H and O–H groups in total. The van der Waals surface area contributed by atoms with Crippen LogP contribution in [0.1, 0.15) is 17.2 Å². The highest BCUT2D eigenvalue weighted by molar-refractivity contribution is 9.10. The number of urea groups is 1. The van der Waals surface area contributed by atoms with Gasteiger partial charge in [-0.05, 0) is 23.3 Å². The second-order valence-electron chi connectivity index (χ2n) is 3.91. The minimum Gasteiger partial charge on any atom is -0.352 e. The van der Waals surface area contributed by atoms with Crippen molar-refractivity contribution in [3.63, 3.8) is 0 Å². The van der Waals surface area contributed by atoms with E-state index in [-0.39, 0.29) is 6.04 Å². The Morgan fingerprint density at radius 2 is 1.72 bits per heavy atom. The summed E-state index contributed by atoms with van der Waals surface area (Å²) in [6.45, 7) is 0. The number of carbonyl (C=O) groups is 1. The summed E-state index contributed by atoms with van der Waals surface area (Å²) in [4.78, 5) is 11.1. The van der Waals surface area contributed by atoms with E-state index >= 15 is 0 Å². The van der Waals surface area contributed by atoms with E-state index in [1.807, 2.05) is 54.6 Å². The third kappa shape index (κ3) is 3.11. The molecule has 18 heavy (non-hydrogen) atoms. The molecule has 0 saturated heterocycles. The first-order chi connectivity index (χ1) is 8.66. The third-order valence-electron chi connectivity index (χ3n) is 2.60. The van der Waals surface area contributed by atoms with Gasteiger partial charge in [-0.25, -0.2) is 4.79 Å². The molecule has 0 unspecified atom stereocenters. The molecule has 1 atom stereocenters. The number of hydrogen-bond donors (Lipinski definition) is 2. The molecular weight excluding hydrogens is 292 g/mol. The van der Waals surface area contributed by atoms with Gasteiger partial charge in [0.05, 0.1) is 6.04 Å². The molecule has 2 amide bonds. The van der Waals surface area contributed by atoms with Gasteiger partial charge in [0.2, 0.25) is 0 Å². The lowest BCUT2D eigenvalue weighted by Crippen LogP contribution is -2.33. The van der Waals surface area contributed by atoms with Crippen molar-refractivity contribution < 1.29 is 4.79 Å². The van der Waals surface area contributed by atoms with Crippen molar-refractivity contribution >= 4 is 22.0 Å². The van der Waals surface area contributed by atoms with E-state index in [4.69, 9.17) is 5.73 Å². The van der Waals surface area contributed by atoms with Crippen LogP contribution in [0.3, 0.4) is 0 Å². The average Bonchev–Trinajstić information content (AvgIpc) is 2.37. The van der Waals surface area contributed by atoms with Gasteiger partial charge in [0.15, 0.2) is 0 Å². The van der Waals surface area contributed by atoms with Crippen LogP contribution in [0.25, 0.3) is 0 Å². The molecule has 4 heteroatoms. The van der Waals surface area contributed by atoms with Crippen LogP contribution in [0, 0.1) is 0 Å². The molecule has 2 aromatic rings. The summed E-state index contributed by atoms with van der Waals surface area (Å²) in [5.41, 5.74) is 7.22. The average molecular weight is 305 g/mol. The Morgan fingerprint density at radius 3 is 2.33 bits per heavy atom. The standard InChI is InChI=1S/C14H13BrN2O/c15-12-8-4-7-11(9-12)13(17-14(16)18)10-5-2-1-3-6-10/h1-9,13H,(H3,16,17,18)/t13-/m0/s1. The van der Waals surface area contributed by atoms with Crippen molar-refractivity contribution in [3.05, 3.63) is 70.2 Å². The molecule has 0 bridgehead atoms. The van der Waals surface area contributed by atoms with Crippen molar-refractivity contribution in [1.29, 1.82) is 0 Å². The van der Waals surface area contributed by atoms with Crippen LogP contribution in [-0.2, 0) is 0 Å². The van der Waals surface area contributed by atoms with Crippen molar-refractivity contribution in [3.8, 4) is 0 Å². The molecule has 2 aromatic carbocycles. The van der Waals surface area contributed by atoms with Crippen LogP contribution in [0.2, 0.25) is 0 Å². The SMILES string of the molecule is NC(=O)N[C@@H](c1ccccc1)c1cccc(Br)c1. The normalized spacial score (nSPS) is 11.8. The fraction of sp³-hybridized carbons (Fsp3) is 0.0714. The third-order valence-corrected chi connectivity index (χ3v) is 3.09. The first kappa shape index (κ1) is 12.6. The fourth-order valence-electron chi connectivity index (χ4n) is 1.83. The quantitative estimate of drug-likeness (QED) is 0.899. The highest BCUT2D eigenvalue weighted by Crippen LogP contribution is 2.24. The van der Waals surface area contributed by atoms with E-state index in [0.717, 1.165) is 15.6 Å². The van der Waals surface area contributed by atoms with Gasteiger partial charge in [0.1, 0.15) is 0 Å². The van der Waals surface area contributed by atoms with E-state index in [1.165, 1.54) is 0 Å². The van der Waals surface area contributed by atoms with Crippen LogP contribution in [0.4, 0.5) is 4.79 Å². The number of nitrogens with two attached hydrogens (primary N) is 1. The molecule has 3 nitrogen and oxygen atoms in total. The molecule has 2 rings (SSSR count). The number of rotatable bonds is 3. The number of hydrogen-bond acceptors (Lipinski definition) is 1. The van der Waals surface area contributed by atoms with Gasteiger partial charge in [-0.3, -0.25) is 0 Å². The minimum absolute atomic E-state index is 0.235. The first-order valence-electron chi connectivity index (χ1n) is 5.53. The molecule has 0 aliphatic heterocycles. The number of carbonyl (C=O) groups excluding carboxylic acids is 1. The Bertz CT molecular complexity index is 543. The van der Waals surface area contributed by atoms with Crippen molar-refractivity contribution in [1.82, 2.24) is 5.32 Å². The topological polar surface area (TPSA) is 55.1 Å². The van der Waals surface area contributed by atoms with Crippen molar-refractivity contribution in [2.75, 3.05) is 0 Å². The van der Waals surface area contributed by atoms with Crippen LogP contribution < -0.4 is 11.1 Å². The number of halogens is 1. The summed E-state index contributed by atoms with van der Waals surface area (Å²) in [5, 5.41) is 2.76. The van der Waals surface area contributed by atoms with Crippen LogP contribution in [-0.4, -0.2) is 6.03 Å². The Balaban J connectivity index is 2.40. The summed E-state index contributed by atoms with van der Waals surface area (Å²) in [6.07, 6.45) is 0. The maximum Gasteiger partial charge on any atom is 0.312 e. The zero-order valence-electron chi connectivity index (χ0n) is 9.64. The highest BCUT2D eigenvalue weighted by atomic mass is 79.9. The van der Waals surface area contributed by atoms with Gasteiger partial charge in [-0.2, -0.15) is 0 Å². The molecule has 0 aromatic heterocycles. The molecule has 0 aliphatic carbocycles. The molecule has 0 saturated carbocycles. The van der Waals surface area contributed by atoms with E-state index in [1.54, 1.807) is 0 Å². The lowest BCUT2D eigenvalue weighted by atomic mass is 9.99. The highest BCUT2D eigenvalue weighted by Gasteiger charge is 2.15. The maximum atomic E-state index is 11.1. The molecule has 92 valence electrons. The zero-order valence-corrected chi connectivity index (χ0v) is 11.2. The number of benzene rings is 2. The van der Waals surface area contributed by atoms with Gasteiger partial charge in [0.25, 0.3) is 0 Å². The van der Waals surface area contributed by atoms with E-state index in [2.05, 4.69) is 21.2 Å². The van der Waals surface area contributed by atoms with Crippen LogP contribution in [0.15, 0.2) is 59.1 Å². The van der Waals surface area contributed by atoms with Crippen molar-refractivity contribution in [2.24, 2.45) is 5.73 Å². The largest absolute Gasteiger partial charge is 0.352 e. The predicted molar refractivity (Wildman–Crippen MR) is 75.1 cm³/mol. The molecule has 0 heterocycles. The first-order valence-corrected chi connectivity index (χ1v) is 6.32. The summed E-state index contributed by atoms with van der Waals surface area (Å²) in [6, 6.07) is 16.7. The van der Waals surface area contributed by atoms with Gasteiger partial charge in [0, 0.05) is 4.47 Å². The molecule has 0 spiro atoms. The molecule has 0 fully saturated rings. The van der Waals surface area contributed by atoms with Gasteiger partial charge in [-0.1, -0.05) is 58.4 Å². The smallest absolute Gasteiger partial charge is 0.312 e. The maximum absolute atomic E-state index is 11.1. The summed E-state index contributed by atoms with van der Waals surface area (Å²) >= 11 is 3.43. The van der Waals surface area contributed by atoms with Crippen LogP contribution >= 0.6 is 15.9 Å². The fourth-order valence-corrected chi connectivity index (χ4v) is 2.25. The van der Waals surface area contributed by atoms with Gasteiger partial charge in [-0.15, -0.1) is 0 Å². The Morgan fingerprint density at radius 1 is 1.06 bits per heavy atom. The monoisotopic (exact) mass is 304 g/mol. The van der Waals surface area contributed by atoms with Crippen LogP contribution in [0.5, 0.6) is 0 Å². The predicted octanol–water partition coefficient (Wildman–Crippen LogP) is 3.21. The van der Waals surface area contributed by atoms with Crippen molar-refractivity contribution in [2.45, 2.75) is 6.04 Å². The molecular formula is C14H13BrN2O. The Hall–Kier alpha value is -1.81. The van der Waals surface area contributed by atoms with E-state index in [0.29, 0.717) is 0 Å². The number of primary amides is 1.